The van der Waals surface area contributed by atoms with Crippen molar-refractivity contribution >= 4 is 22.1 Å². The highest BCUT2D eigenvalue weighted by molar-refractivity contribution is 7.87. The maximum atomic E-state index is 12.8. The predicted octanol–water partition coefficient (Wildman–Crippen LogP) is 5.88. The van der Waals surface area contributed by atoms with Crippen LogP contribution < -0.4 is 0 Å². The molecule has 32 heavy (non-hydrogen) atoms. The van der Waals surface area contributed by atoms with Gasteiger partial charge >= 0.3 is 11.9 Å². The molecular weight excluding hydrogens is 432 g/mol. The molecule has 5 unspecified atom stereocenters. The molecular formula is C24H46O7S. The molecule has 0 aromatic carbocycles. The zero-order valence-electron chi connectivity index (χ0n) is 20.8. The van der Waals surface area contributed by atoms with Crippen molar-refractivity contribution in [1.82, 2.24) is 0 Å². The summed E-state index contributed by atoms with van der Waals surface area (Å²) < 4.78 is 34.4. The standard InChI is InChI=1S/C24H46O7S/c1-7-11-19(13-17(5)9-3)15-24(23(27)28,21(22(25)26)32(29,30)31)16-20(12-8-2)14-18(6)10-4/h17-21H,7-16H2,1-6H3,(H,25,26)(H,27,28)(H,29,30,31). The average Bonchev–Trinajstić information content (AvgIpc) is 2.66. The van der Waals surface area contributed by atoms with Crippen LogP contribution in [0.4, 0.5) is 0 Å². The number of aliphatic carboxylic acids is 2. The van der Waals surface area contributed by atoms with Crippen molar-refractivity contribution in [3.8, 4) is 0 Å². The van der Waals surface area contributed by atoms with E-state index in [4.69, 9.17) is 0 Å². The Hall–Kier alpha value is -1.15. The summed E-state index contributed by atoms with van der Waals surface area (Å²) in [4.78, 5) is 24.9. The first kappa shape index (κ1) is 30.9. The average molecular weight is 479 g/mol. The fraction of sp³-hybridized carbons (Fsp3) is 0.917. The summed E-state index contributed by atoms with van der Waals surface area (Å²) in [6, 6.07) is 0. The van der Waals surface area contributed by atoms with Gasteiger partial charge in [-0.15, -0.1) is 0 Å². The van der Waals surface area contributed by atoms with Crippen molar-refractivity contribution in [3.05, 3.63) is 0 Å². The van der Waals surface area contributed by atoms with Crippen LogP contribution in [0.1, 0.15) is 106 Å². The lowest BCUT2D eigenvalue weighted by atomic mass is 9.66. The molecule has 0 saturated heterocycles. The minimum atomic E-state index is -5.14. The quantitative estimate of drug-likeness (QED) is 0.210. The Labute approximate surface area is 195 Å². The second-order valence-corrected chi connectivity index (χ2v) is 11.4. The number of carboxylic acids is 2. The van der Waals surface area contributed by atoms with E-state index in [9.17, 15) is 32.8 Å². The van der Waals surface area contributed by atoms with E-state index in [1.54, 1.807) is 0 Å². The molecule has 5 atom stereocenters. The van der Waals surface area contributed by atoms with Crippen LogP contribution in [0.5, 0.6) is 0 Å². The van der Waals surface area contributed by atoms with Crippen LogP contribution in [0.2, 0.25) is 0 Å². The molecule has 0 amide bonds. The van der Waals surface area contributed by atoms with Gasteiger partial charge in [0, 0.05) is 0 Å². The molecule has 190 valence electrons. The minimum absolute atomic E-state index is 0.0714. The second-order valence-electron chi connectivity index (χ2n) is 9.91. The van der Waals surface area contributed by atoms with E-state index >= 15 is 0 Å². The third kappa shape index (κ3) is 9.38. The Morgan fingerprint density at radius 3 is 1.41 bits per heavy atom. The zero-order chi connectivity index (χ0) is 25.1. The Kier molecular flexibility index (Phi) is 13.7. The monoisotopic (exact) mass is 478 g/mol. The first-order valence-corrected chi connectivity index (χ1v) is 13.7. The largest absolute Gasteiger partial charge is 0.481 e. The fourth-order valence-electron chi connectivity index (χ4n) is 5.16. The molecule has 0 rings (SSSR count). The minimum Gasteiger partial charge on any atom is -0.481 e. The van der Waals surface area contributed by atoms with Crippen LogP contribution >= 0.6 is 0 Å². The number of hydrogen-bond acceptors (Lipinski definition) is 4. The molecule has 0 aliphatic rings. The van der Waals surface area contributed by atoms with Crippen LogP contribution in [-0.4, -0.2) is 40.4 Å². The Bertz CT molecular complexity index is 650. The van der Waals surface area contributed by atoms with Gasteiger partial charge in [-0.25, -0.2) is 0 Å². The summed E-state index contributed by atoms with van der Waals surface area (Å²) in [5.41, 5.74) is -2.08. The summed E-state index contributed by atoms with van der Waals surface area (Å²) in [5.74, 6) is -2.91. The molecule has 8 heteroatoms. The van der Waals surface area contributed by atoms with Crippen molar-refractivity contribution in [2.24, 2.45) is 29.1 Å². The summed E-state index contributed by atoms with van der Waals surface area (Å²) in [6.07, 6.45) is 5.97. The van der Waals surface area contributed by atoms with Gasteiger partial charge in [-0.3, -0.25) is 14.1 Å². The highest BCUT2D eigenvalue weighted by Gasteiger charge is 2.57. The SMILES string of the molecule is CCCC(CC(C)CC)CC(CC(CCC)CC(C)CC)(C(=O)O)C(C(=O)O)S(=O)(=O)O. The van der Waals surface area contributed by atoms with Gasteiger partial charge in [-0.05, 0) is 49.4 Å². The Morgan fingerprint density at radius 1 is 0.812 bits per heavy atom. The first-order chi connectivity index (χ1) is 14.8. The van der Waals surface area contributed by atoms with E-state index in [1.165, 1.54) is 0 Å². The topological polar surface area (TPSA) is 129 Å². The van der Waals surface area contributed by atoms with Gasteiger partial charge in [-0.1, -0.05) is 80.1 Å². The highest BCUT2D eigenvalue weighted by Crippen LogP contribution is 2.45. The van der Waals surface area contributed by atoms with Crippen molar-refractivity contribution in [2.45, 2.75) is 111 Å². The summed E-state index contributed by atoms with van der Waals surface area (Å²) in [7, 11) is -5.14. The number of hydrogen-bond donors (Lipinski definition) is 3. The molecule has 0 aromatic rings. The number of rotatable bonds is 18. The number of carboxylic acid groups (broad SMARTS) is 2. The first-order valence-electron chi connectivity index (χ1n) is 12.2. The lowest BCUT2D eigenvalue weighted by molar-refractivity contribution is -0.158. The molecule has 0 bridgehead atoms. The summed E-state index contributed by atoms with van der Waals surface area (Å²) in [6.45, 7) is 12.2. The van der Waals surface area contributed by atoms with Gasteiger partial charge in [0.15, 0.2) is 5.25 Å². The van der Waals surface area contributed by atoms with Gasteiger partial charge in [0.2, 0.25) is 0 Å². The molecule has 0 radical (unpaired) electrons. The van der Waals surface area contributed by atoms with Crippen LogP contribution in [0.3, 0.4) is 0 Å². The zero-order valence-corrected chi connectivity index (χ0v) is 21.7. The van der Waals surface area contributed by atoms with Gasteiger partial charge in [0.05, 0.1) is 5.41 Å². The second kappa shape index (κ2) is 14.2. The molecule has 0 aliphatic carbocycles. The third-order valence-electron chi connectivity index (χ3n) is 7.01. The normalized spacial score (nSPS) is 18.8. The van der Waals surface area contributed by atoms with Gasteiger partial charge in [0.1, 0.15) is 0 Å². The lowest BCUT2D eigenvalue weighted by Crippen LogP contribution is -2.53. The van der Waals surface area contributed by atoms with Gasteiger partial charge < -0.3 is 10.2 Å². The van der Waals surface area contributed by atoms with Crippen molar-refractivity contribution in [1.29, 1.82) is 0 Å². The van der Waals surface area contributed by atoms with Crippen LogP contribution in [-0.2, 0) is 19.7 Å². The van der Waals surface area contributed by atoms with Gasteiger partial charge in [-0.2, -0.15) is 8.42 Å². The molecule has 0 fully saturated rings. The van der Waals surface area contributed by atoms with Crippen LogP contribution in [0, 0.1) is 29.1 Å². The molecule has 0 saturated carbocycles. The van der Waals surface area contributed by atoms with E-state index in [0.717, 1.165) is 25.7 Å². The van der Waals surface area contributed by atoms with Crippen molar-refractivity contribution in [2.75, 3.05) is 0 Å². The van der Waals surface area contributed by atoms with Crippen molar-refractivity contribution < 1.29 is 32.8 Å². The molecule has 0 aliphatic heterocycles. The Morgan fingerprint density at radius 2 is 1.19 bits per heavy atom. The highest BCUT2D eigenvalue weighted by atomic mass is 32.2. The fourth-order valence-corrected chi connectivity index (χ4v) is 6.28. The van der Waals surface area contributed by atoms with Crippen LogP contribution in [0.25, 0.3) is 0 Å². The molecule has 7 nitrogen and oxygen atoms in total. The smallest absolute Gasteiger partial charge is 0.325 e. The molecule has 0 heterocycles. The lowest BCUT2D eigenvalue weighted by Gasteiger charge is -2.39. The Balaban J connectivity index is 6.63. The van der Waals surface area contributed by atoms with E-state index in [2.05, 4.69) is 13.8 Å². The van der Waals surface area contributed by atoms with Crippen molar-refractivity contribution in [3.63, 3.8) is 0 Å². The summed E-state index contributed by atoms with van der Waals surface area (Å²) in [5, 5.41) is 17.8. The van der Waals surface area contributed by atoms with E-state index < -0.39 is 32.7 Å². The maximum Gasteiger partial charge on any atom is 0.325 e. The predicted molar refractivity (Wildman–Crippen MR) is 127 cm³/mol. The molecule has 3 N–H and O–H groups in total. The molecule has 0 spiro atoms. The summed E-state index contributed by atoms with van der Waals surface area (Å²) >= 11 is 0. The third-order valence-corrected chi connectivity index (χ3v) is 8.26. The molecule has 0 aromatic heterocycles. The number of carbonyl (C=O) groups is 2. The van der Waals surface area contributed by atoms with Gasteiger partial charge in [0.25, 0.3) is 10.1 Å². The van der Waals surface area contributed by atoms with E-state index in [1.807, 2.05) is 27.7 Å². The van der Waals surface area contributed by atoms with Crippen LogP contribution in [0.15, 0.2) is 0 Å². The maximum absolute atomic E-state index is 12.8. The van der Waals surface area contributed by atoms with E-state index in [0.29, 0.717) is 37.5 Å². The van der Waals surface area contributed by atoms with E-state index in [-0.39, 0.29) is 24.7 Å².